The van der Waals surface area contributed by atoms with Crippen LogP contribution in [0.5, 0.6) is 0 Å². The fourth-order valence-corrected chi connectivity index (χ4v) is 4.48. The molecule has 2 aliphatic heterocycles. The van der Waals surface area contributed by atoms with Crippen molar-refractivity contribution in [3.05, 3.63) is 0 Å². The van der Waals surface area contributed by atoms with E-state index >= 15 is 0 Å². The maximum atomic E-state index is 3.67. The Morgan fingerprint density at radius 3 is 2.63 bits per heavy atom. The highest BCUT2D eigenvalue weighted by Crippen LogP contribution is 2.28. The second-order valence-electron chi connectivity index (χ2n) is 6.76. The van der Waals surface area contributed by atoms with Gasteiger partial charge in [-0.3, -0.25) is 9.80 Å². The lowest BCUT2D eigenvalue weighted by atomic mass is 9.88. The van der Waals surface area contributed by atoms with Gasteiger partial charge in [-0.15, -0.1) is 0 Å². The van der Waals surface area contributed by atoms with Crippen LogP contribution in [0.4, 0.5) is 0 Å². The Hall–Kier alpha value is -0.120. The summed E-state index contributed by atoms with van der Waals surface area (Å²) in [7, 11) is 0. The summed E-state index contributed by atoms with van der Waals surface area (Å²) in [6, 6.07) is 2.53. The Labute approximate surface area is 118 Å². The molecule has 3 aliphatic rings. The average Bonchev–Trinajstić information content (AvgIpc) is 2.47. The first-order valence-corrected chi connectivity index (χ1v) is 8.58. The molecule has 0 bridgehead atoms. The van der Waals surface area contributed by atoms with E-state index in [1.807, 2.05) is 0 Å². The van der Waals surface area contributed by atoms with Crippen molar-refractivity contribution in [2.24, 2.45) is 0 Å². The minimum absolute atomic E-state index is 0.785. The molecule has 0 spiro atoms. The number of piperidine rings is 1. The van der Waals surface area contributed by atoms with Gasteiger partial charge in [-0.25, -0.2) is 0 Å². The van der Waals surface area contributed by atoms with E-state index in [0.29, 0.717) is 0 Å². The van der Waals surface area contributed by atoms with Crippen molar-refractivity contribution in [2.45, 2.75) is 70.0 Å². The lowest BCUT2D eigenvalue weighted by Gasteiger charge is -2.48. The summed E-state index contributed by atoms with van der Waals surface area (Å²) in [5.74, 6) is 0. The van der Waals surface area contributed by atoms with Crippen LogP contribution in [0.25, 0.3) is 0 Å². The van der Waals surface area contributed by atoms with Crippen molar-refractivity contribution in [1.29, 1.82) is 0 Å². The monoisotopic (exact) mass is 265 g/mol. The smallest absolute Gasteiger partial charge is 0.0223 e. The molecule has 3 nitrogen and oxygen atoms in total. The summed E-state index contributed by atoms with van der Waals surface area (Å²) < 4.78 is 0. The van der Waals surface area contributed by atoms with Crippen molar-refractivity contribution in [3.8, 4) is 0 Å². The van der Waals surface area contributed by atoms with Crippen molar-refractivity contribution < 1.29 is 0 Å². The molecule has 0 radical (unpaired) electrons. The number of nitrogens with zero attached hydrogens (tertiary/aromatic N) is 2. The van der Waals surface area contributed by atoms with E-state index in [1.54, 1.807) is 0 Å². The van der Waals surface area contributed by atoms with Gasteiger partial charge in [0.05, 0.1) is 0 Å². The Balaban J connectivity index is 1.54. The fourth-order valence-electron chi connectivity index (χ4n) is 4.48. The van der Waals surface area contributed by atoms with Crippen LogP contribution in [0.2, 0.25) is 0 Å². The minimum Gasteiger partial charge on any atom is -0.314 e. The van der Waals surface area contributed by atoms with E-state index in [4.69, 9.17) is 0 Å². The third kappa shape index (κ3) is 3.32. The van der Waals surface area contributed by atoms with Crippen molar-refractivity contribution >= 4 is 0 Å². The topological polar surface area (TPSA) is 18.5 Å². The van der Waals surface area contributed by atoms with Gasteiger partial charge in [-0.2, -0.15) is 0 Å². The molecule has 0 amide bonds. The highest BCUT2D eigenvalue weighted by Gasteiger charge is 2.33. The summed E-state index contributed by atoms with van der Waals surface area (Å²) in [6.45, 7) is 8.73. The molecule has 3 unspecified atom stereocenters. The van der Waals surface area contributed by atoms with Crippen LogP contribution < -0.4 is 5.32 Å². The molecular weight excluding hydrogens is 234 g/mol. The van der Waals surface area contributed by atoms with E-state index in [-0.39, 0.29) is 0 Å². The van der Waals surface area contributed by atoms with Gasteiger partial charge < -0.3 is 5.32 Å². The third-order valence-electron chi connectivity index (χ3n) is 5.52. The molecule has 2 saturated heterocycles. The van der Waals surface area contributed by atoms with Gasteiger partial charge in [0.25, 0.3) is 0 Å². The Morgan fingerprint density at radius 1 is 0.895 bits per heavy atom. The molecular formula is C16H31N3. The zero-order valence-electron chi connectivity index (χ0n) is 12.6. The molecule has 3 fully saturated rings. The summed E-state index contributed by atoms with van der Waals surface area (Å²) in [5.41, 5.74) is 0. The SMILES string of the molecule is CCNC1CCCC(N2CCN3CCCCC3C2)C1. The highest BCUT2D eigenvalue weighted by molar-refractivity contribution is 4.91. The van der Waals surface area contributed by atoms with E-state index < -0.39 is 0 Å². The molecule has 3 rings (SSSR count). The van der Waals surface area contributed by atoms with Gasteiger partial charge in [0, 0.05) is 37.8 Å². The maximum absolute atomic E-state index is 3.67. The predicted octanol–water partition coefficient (Wildman–Crippen LogP) is 2.08. The Kier molecular flexibility index (Phi) is 4.78. The van der Waals surface area contributed by atoms with Gasteiger partial charge in [0.1, 0.15) is 0 Å². The van der Waals surface area contributed by atoms with Gasteiger partial charge in [0.2, 0.25) is 0 Å². The summed E-state index contributed by atoms with van der Waals surface area (Å²) in [4.78, 5) is 5.58. The lowest BCUT2D eigenvalue weighted by Crippen LogP contribution is -2.58. The van der Waals surface area contributed by atoms with Gasteiger partial charge >= 0.3 is 0 Å². The molecule has 2 heterocycles. The largest absolute Gasteiger partial charge is 0.314 e. The van der Waals surface area contributed by atoms with E-state index in [0.717, 1.165) is 24.7 Å². The molecule has 19 heavy (non-hydrogen) atoms. The zero-order chi connectivity index (χ0) is 13.1. The van der Waals surface area contributed by atoms with Crippen molar-refractivity contribution in [2.75, 3.05) is 32.7 Å². The van der Waals surface area contributed by atoms with Crippen LogP contribution in [-0.4, -0.2) is 60.6 Å². The van der Waals surface area contributed by atoms with Crippen LogP contribution >= 0.6 is 0 Å². The number of hydrogen-bond donors (Lipinski definition) is 1. The van der Waals surface area contributed by atoms with E-state index in [2.05, 4.69) is 22.0 Å². The second kappa shape index (κ2) is 6.55. The third-order valence-corrected chi connectivity index (χ3v) is 5.52. The van der Waals surface area contributed by atoms with Crippen LogP contribution in [0.15, 0.2) is 0 Å². The van der Waals surface area contributed by atoms with Gasteiger partial charge in [-0.1, -0.05) is 19.8 Å². The molecule has 0 aromatic carbocycles. The molecule has 1 aliphatic carbocycles. The quantitative estimate of drug-likeness (QED) is 0.843. The first-order valence-electron chi connectivity index (χ1n) is 8.58. The summed E-state index contributed by atoms with van der Waals surface area (Å²) in [5, 5.41) is 3.67. The Bertz CT molecular complexity index is 279. The molecule has 3 heteroatoms. The number of piperazine rings is 1. The lowest BCUT2D eigenvalue weighted by molar-refractivity contribution is 0.0152. The average molecular weight is 265 g/mol. The molecule has 110 valence electrons. The van der Waals surface area contributed by atoms with Crippen LogP contribution in [0, 0.1) is 0 Å². The first kappa shape index (κ1) is 13.8. The molecule has 1 N–H and O–H groups in total. The fraction of sp³-hybridized carbons (Fsp3) is 1.00. The van der Waals surface area contributed by atoms with Crippen LogP contribution in [0.3, 0.4) is 0 Å². The van der Waals surface area contributed by atoms with Crippen LogP contribution in [0.1, 0.15) is 51.9 Å². The number of hydrogen-bond acceptors (Lipinski definition) is 3. The number of rotatable bonds is 3. The van der Waals surface area contributed by atoms with Crippen molar-refractivity contribution in [3.63, 3.8) is 0 Å². The molecule has 3 atom stereocenters. The normalized spacial score (nSPS) is 38.1. The number of nitrogens with one attached hydrogen (secondary N) is 1. The maximum Gasteiger partial charge on any atom is 0.0223 e. The first-order chi connectivity index (χ1) is 9.36. The van der Waals surface area contributed by atoms with E-state index in [1.165, 1.54) is 71.1 Å². The predicted molar refractivity (Wildman–Crippen MR) is 80.5 cm³/mol. The highest BCUT2D eigenvalue weighted by atomic mass is 15.3. The minimum atomic E-state index is 0.785. The zero-order valence-corrected chi connectivity index (χ0v) is 12.6. The van der Waals surface area contributed by atoms with Crippen LogP contribution in [-0.2, 0) is 0 Å². The second-order valence-corrected chi connectivity index (χ2v) is 6.76. The Morgan fingerprint density at radius 2 is 1.74 bits per heavy atom. The molecule has 0 aromatic heterocycles. The van der Waals surface area contributed by atoms with Crippen molar-refractivity contribution in [1.82, 2.24) is 15.1 Å². The summed E-state index contributed by atoms with van der Waals surface area (Å²) >= 11 is 0. The van der Waals surface area contributed by atoms with E-state index in [9.17, 15) is 0 Å². The number of fused-ring (bicyclic) bond motifs is 1. The molecule has 1 saturated carbocycles. The van der Waals surface area contributed by atoms with Gasteiger partial charge in [-0.05, 0) is 45.2 Å². The molecule has 0 aromatic rings. The summed E-state index contributed by atoms with van der Waals surface area (Å²) in [6.07, 6.45) is 9.98. The van der Waals surface area contributed by atoms with Gasteiger partial charge in [0.15, 0.2) is 0 Å². The standard InChI is InChI=1S/C16H31N3/c1-2-17-14-6-5-8-15(12-14)19-11-10-18-9-4-3-7-16(18)13-19/h14-17H,2-13H2,1H3.